The summed E-state index contributed by atoms with van der Waals surface area (Å²) in [5.41, 5.74) is 2.90. The van der Waals surface area contributed by atoms with E-state index in [1.807, 2.05) is 24.3 Å². The van der Waals surface area contributed by atoms with Crippen molar-refractivity contribution in [1.29, 1.82) is 0 Å². The molecule has 1 saturated carbocycles. The van der Waals surface area contributed by atoms with E-state index in [0.717, 1.165) is 36.7 Å². The highest BCUT2D eigenvalue weighted by Crippen LogP contribution is 2.35. The third kappa shape index (κ3) is 4.43. The molecule has 182 valence electrons. The number of anilines is 1. The summed E-state index contributed by atoms with van der Waals surface area (Å²) in [5.74, 6) is 0.991. The zero-order chi connectivity index (χ0) is 23.8. The lowest BCUT2D eigenvalue weighted by Crippen LogP contribution is -2.38. The summed E-state index contributed by atoms with van der Waals surface area (Å²) >= 11 is 6.36. The number of morpholine rings is 1. The Morgan fingerprint density at radius 2 is 1.91 bits per heavy atom. The van der Waals surface area contributed by atoms with Gasteiger partial charge in [-0.3, -0.25) is 0 Å². The molecule has 0 bridgehead atoms. The third-order valence-electron chi connectivity index (χ3n) is 6.77. The van der Waals surface area contributed by atoms with Gasteiger partial charge in [0.05, 0.1) is 13.2 Å². The van der Waals surface area contributed by atoms with E-state index >= 15 is 0 Å². The number of H-pyrrole nitrogens is 1. The number of nitrogens with zero attached hydrogens (tertiary/aromatic N) is 6. The first-order valence-corrected chi connectivity index (χ1v) is 12.5. The molecule has 1 aromatic carbocycles. The van der Waals surface area contributed by atoms with Crippen LogP contribution in [0, 0.1) is 5.92 Å². The number of halogens is 1. The molecule has 11 heteroatoms. The van der Waals surface area contributed by atoms with Crippen molar-refractivity contribution in [3.63, 3.8) is 0 Å². The fraction of sp³-hybridized carbons (Fsp3) is 0.458. The van der Waals surface area contributed by atoms with E-state index in [2.05, 4.69) is 24.6 Å². The highest BCUT2D eigenvalue weighted by Gasteiger charge is 2.27. The second-order valence-corrected chi connectivity index (χ2v) is 9.56. The average molecular weight is 496 g/mol. The van der Waals surface area contributed by atoms with Crippen molar-refractivity contribution in [2.24, 2.45) is 5.92 Å². The molecular weight excluding hydrogens is 470 g/mol. The van der Waals surface area contributed by atoms with Crippen LogP contribution >= 0.6 is 11.6 Å². The number of rotatable bonds is 5. The van der Waals surface area contributed by atoms with Crippen LogP contribution in [0.4, 0.5) is 5.95 Å². The van der Waals surface area contributed by atoms with Crippen molar-refractivity contribution >= 4 is 28.7 Å². The minimum absolute atomic E-state index is 0.0231. The monoisotopic (exact) mass is 495 g/mol. The van der Waals surface area contributed by atoms with E-state index in [4.69, 9.17) is 30.7 Å². The number of imidazole rings is 1. The van der Waals surface area contributed by atoms with Crippen LogP contribution in [-0.2, 0) is 11.3 Å². The largest absolute Gasteiger partial charge is 0.434 e. The lowest BCUT2D eigenvalue weighted by Gasteiger charge is -2.30. The van der Waals surface area contributed by atoms with Crippen molar-refractivity contribution in [3.05, 3.63) is 39.8 Å². The summed E-state index contributed by atoms with van der Waals surface area (Å²) in [4.78, 5) is 28.4. The summed E-state index contributed by atoms with van der Waals surface area (Å²) in [7, 11) is 0. The Hall–Kier alpha value is -3.24. The van der Waals surface area contributed by atoms with Gasteiger partial charge in [0.15, 0.2) is 5.65 Å². The fourth-order valence-corrected chi connectivity index (χ4v) is 5.28. The Kier molecular flexibility index (Phi) is 5.99. The van der Waals surface area contributed by atoms with Gasteiger partial charge in [0, 0.05) is 30.2 Å². The first-order chi connectivity index (χ1) is 17.2. The molecule has 2 fully saturated rings. The Labute approximate surface area is 206 Å². The second kappa shape index (κ2) is 9.43. The van der Waals surface area contributed by atoms with Gasteiger partial charge in [0.25, 0.3) is 5.89 Å². The van der Waals surface area contributed by atoms with Gasteiger partial charge in [-0.15, -0.1) is 5.10 Å². The van der Waals surface area contributed by atoms with E-state index in [0.29, 0.717) is 35.5 Å². The van der Waals surface area contributed by atoms with Crippen molar-refractivity contribution < 1.29 is 9.15 Å². The highest BCUT2D eigenvalue weighted by atomic mass is 35.5. The van der Waals surface area contributed by atoms with Crippen LogP contribution in [0.5, 0.6) is 0 Å². The molecule has 4 aromatic rings. The van der Waals surface area contributed by atoms with Gasteiger partial charge in [0.2, 0.25) is 11.8 Å². The molecule has 0 amide bonds. The molecule has 10 nitrogen and oxygen atoms in total. The van der Waals surface area contributed by atoms with Gasteiger partial charge >= 0.3 is 5.76 Å². The van der Waals surface area contributed by atoms with Crippen molar-refractivity contribution in [1.82, 2.24) is 29.7 Å². The lowest BCUT2D eigenvalue weighted by molar-refractivity contribution is 0.121. The zero-order valence-corrected chi connectivity index (χ0v) is 20.0. The second-order valence-electron chi connectivity index (χ2n) is 9.12. The maximum absolute atomic E-state index is 11.6. The van der Waals surface area contributed by atoms with Gasteiger partial charge in [0.1, 0.15) is 11.2 Å². The Morgan fingerprint density at radius 3 is 2.66 bits per heavy atom. The van der Waals surface area contributed by atoms with Gasteiger partial charge in [-0.2, -0.15) is 4.98 Å². The molecule has 0 unspecified atom stereocenters. The first kappa shape index (κ1) is 22.2. The summed E-state index contributed by atoms with van der Waals surface area (Å²) in [6.45, 7) is 3.67. The average Bonchev–Trinajstić information content (AvgIpc) is 3.48. The van der Waals surface area contributed by atoms with E-state index in [-0.39, 0.29) is 11.7 Å². The van der Waals surface area contributed by atoms with E-state index in [1.54, 1.807) is 0 Å². The molecule has 1 N–H and O–H groups in total. The van der Waals surface area contributed by atoms with E-state index in [9.17, 15) is 4.79 Å². The Morgan fingerprint density at radius 1 is 1.09 bits per heavy atom. The molecule has 0 radical (unpaired) electrons. The molecule has 6 rings (SSSR count). The van der Waals surface area contributed by atoms with Crippen LogP contribution in [0.25, 0.3) is 34.1 Å². The predicted molar refractivity (Wildman–Crippen MR) is 131 cm³/mol. The number of hydrogen-bond donors (Lipinski definition) is 1. The molecule has 2 aliphatic rings. The SMILES string of the molecule is O=c1[nH]nc(-c2nc(-c3cccc(Cl)c3)c3c(n2)nc(N2CCOCC2)n3CC2CCCCC2)o1. The van der Waals surface area contributed by atoms with Gasteiger partial charge in [-0.1, -0.05) is 43.0 Å². The van der Waals surface area contributed by atoms with Crippen molar-refractivity contribution in [2.45, 2.75) is 38.6 Å². The maximum Gasteiger partial charge on any atom is 0.434 e. The minimum Gasteiger partial charge on any atom is -0.384 e. The zero-order valence-electron chi connectivity index (χ0n) is 19.2. The number of aromatic amines is 1. The third-order valence-corrected chi connectivity index (χ3v) is 7.00. The molecule has 35 heavy (non-hydrogen) atoms. The number of ether oxygens (including phenoxy) is 1. The van der Waals surface area contributed by atoms with Crippen LogP contribution in [0.2, 0.25) is 5.02 Å². The van der Waals surface area contributed by atoms with Gasteiger partial charge in [-0.25, -0.2) is 19.9 Å². The molecule has 1 saturated heterocycles. The molecule has 0 atom stereocenters. The molecule has 1 aliphatic heterocycles. The van der Waals surface area contributed by atoms with E-state index in [1.165, 1.54) is 32.1 Å². The predicted octanol–water partition coefficient (Wildman–Crippen LogP) is 3.91. The normalized spacial score (nSPS) is 17.3. The summed E-state index contributed by atoms with van der Waals surface area (Å²) < 4.78 is 13.0. The smallest absolute Gasteiger partial charge is 0.384 e. The topological polar surface area (TPSA) is 115 Å². The van der Waals surface area contributed by atoms with Crippen molar-refractivity contribution in [2.75, 3.05) is 31.2 Å². The number of hydrogen-bond acceptors (Lipinski definition) is 8. The number of fused-ring (bicyclic) bond motifs is 1. The minimum atomic E-state index is -0.662. The summed E-state index contributed by atoms with van der Waals surface area (Å²) in [6.07, 6.45) is 6.21. The number of benzene rings is 1. The van der Waals surface area contributed by atoms with Gasteiger partial charge in [-0.05, 0) is 30.9 Å². The van der Waals surface area contributed by atoms with Crippen LogP contribution in [0.1, 0.15) is 32.1 Å². The van der Waals surface area contributed by atoms with Crippen LogP contribution < -0.4 is 10.7 Å². The van der Waals surface area contributed by atoms with E-state index < -0.39 is 5.76 Å². The first-order valence-electron chi connectivity index (χ1n) is 12.1. The molecule has 4 heterocycles. The summed E-state index contributed by atoms with van der Waals surface area (Å²) in [6, 6.07) is 7.56. The summed E-state index contributed by atoms with van der Waals surface area (Å²) in [5, 5.41) is 6.83. The molecule has 0 spiro atoms. The Balaban J connectivity index is 1.58. The Bertz CT molecular complexity index is 1400. The highest BCUT2D eigenvalue weighted by molar-refractivity contribution is 6.30. The van der Waals surface area contributed by atoms with Crippen LogP contribution in [0.15, 0.2) is 33.5 Å². The lowest BCUT2D eigenvalue weighted by atomic mass is 9.89. The standard InChI is InChI=1S/C24H26ClN7O3/c25-17-8-4-7-16(13-17)18-19-20(27-21(26-18)22-29-30-24(33)35-22)28-23(31-9-11-34-12-10-31)32(19)14-15-5-2-1-3-6-15/h4,7-8,13,15H,1-3,5-6,9-12,14H2,(H,30,33). The van der Waals surface area contributed by atoms with Crippen molar-refractivity contribution in [3.8, 4) is 23.0 Å². The number of nitrogens with one attached hydrogen (secondary N) is 1. The number of aromatic nitrogens is 6. The van der Waals surface area contributed by atoms with Crippen LogP contribution in [0.3, 0.4) is 0 Å². The molecule has 3 aromatic heterocycles. The quantitative estimate of drug-likeness (QED) is 0.443. The van der Waals surface area contributed by atoms with Crippen LogP contribution in [-0.4, -0.2) is 56.0 Å². The fourth-order valence-electron chi connectivity index (χ4n) is 5.09. The van der Waals surface area contributed by atoms with Gasteiger partial charge < -0.3 is 18.6 Å². The maximum atomic E-state index is 11.6. The molecular formula is C24H26ClN7O3. The molecule has 1 aliphatic carbocycles.